The van der Waals surface area contributed by atoms with Gasteiger partial charge in [0, 0.05) is 38.7 Å². The summed E-state index contributed by atoms with van der Waals surface area (Å²) >= 11 is 1.27. The number of nitrogens with one attached hydrogen (secondary N) is 2. The fourth-order valence-electron chi connectivity index (χ4n) is 2.92. The molecule has 2 N–H and O–H groups in total. The second kappa shape index (κ2) is 10.8. The molecule has 0 saturated carbocycles. The number of hydrogen-bond donors (Lipinski definition) is 2. The molecule has 2 amide bonds. The first kappa shape index (κ1) is 23.3. The number of aryl methyl sites for hydroxylation is 1. The average Bonchev–Trinajstić information content (AvgIpc) is 3.34. The summed E-state index contributed by atoms with van der Waals surface area (Å²) in [7, 11) is 4.96. The minimum Gasteiger partial charge on any atom is -0.479 e. The quantitative estimate of drug-likeness (QED) is 0.441. The van der Waals surface area contributed by atoms with Gasteiger partial charge >= 0.3 is 0 Å². The first-order valence-electron chi connectivity index (χ1n) is 9.71. The number of anilines is 2. The number of rotatable bonds is 10. The Balaban J connectivity index is 1.69. The number of ether oxygens (including phenoxy) is 2. The molecule has 170 valence electrons. The summed E-state index contributed by atoms with van der Waals surface area (Å²) in [4.78, 5) is 23.5. The highest BCUT2D eigenvalue weighted by Crippen LogP contribution is 2.30. The van der Waals surface area contributed by atoms with Gasteiger partial charge in [-0.25, -0.2) is 0 Å². The maximum Gasteiger partial charge on any atom is 0.243 e. The number of methoxy groups -OCH3 is 2. The number of benzene rings is 1. The van der Waals surface area contributed by atoms with E-state index in [2.05, 4.69) is 25.9 Å². The van der Waals surface area contributed by atoms with Gasteiger partial charge in [-0.15, -0.1) is 15.3 Å². The third kappa shape index (κ3) is 5.86. The van der Waals surface area contributed by atoms with E-state index in [1.54, 1.807) is 56.4 Å². The fourth-order valence-corrected chi connectivity index (χ4v) is 3.68. The molecule has 0 atom stereocenters. The molecule has 2 heterocycles. The predicted octanol–water partition coefficient (Wildman–Crippen LogP) is 2.02. The van der Waals surface area contributed by atoms with E-state index in [-0.39, 0.29) is 17.6 Å². The number of carbonyl (C=O) groups excluding carboxylic acids is 2. The van der Waals surface area contributed by atoms with E-state index in [9.17, 15) is 9.59 Å². The highest BCUT2D eigenvalue weighted by Gasteiger charge is 2.21. The Kier molecular flexibility index (Phi) is 7.84. The highest BCUT2D eigenvalue weighted by atomic mass is 32.2. The molecule has 0 aliphatic heterocycles. The van der Waals surface area contributed by atoms with E-state index in [0.29, 0.717) is 47.0 Å². The summed E-state index contributed by atoms with van der Waals surface area (Å²) in [6.07, 6.45) is 1.80. The molecule has 2 aromatic heterocycles. The van der Waals surface area contributed by atoms with Crippen LogP contribution in [-0.2, 0) is 27.9 Å². The molecule has 0 spiro atoms. The molecule has 0 bridgehead atoms. The van der Waals surface area contributed by atoms with Crippen LogP contribution in [0.3, 0.4) is 0 Å². The van der Waals surface area contributed by atoms with Gasteiger partial charge < -0.3 is 20.1 Å². The zero-order valence-corrected chi connectivity index (χ0v) is 19.1. The van der Waals surface area contributed by atoms with Crippen molar-refractivity contribution in [3.63, 3.8) is 0 Å². The SMILES string of the molecule is COCCn1c(SCC(=O)Nc2ccc(NC(C)=O)cc2)nnc1-c1cn(C)nc1OC. The molecule has 32 heavy (non-hydrogen) atoms. The van der Waals surface area contributed by atoms with Crippen LogP contribution in [0.5, 0.6) is 5.88 Å². The molecule has 0 aliphatic carbocycles. The first-order valence-corrected chi connectivity index (χ1v) is 10.7. The lowest BCUT2D eigenvalue weighted by atomic mass is 10.3. The Labute approximate surface area is 189 Å². The van der Waals surface area contributed by atoms with Crippen LogP contribution in [-0.4, -0.2) is 62.9 Å². The lowest BCUT2D eigenvalue weighted by Gasteiger charge is -2.10. The minimum absolute atomic E-state index is 0.142. The Morgan fingerprint density at radius 2 is 1.78 bits per heavy atom. The molecule has 3 rings (SSSR count). The van der Waals surface area contributed by atoms with Crippen LogP contribution in [0.2, 0.25) is 0 Å². The van der Waals surface area contributed by atoms with Gasteiger partial charge in [-0.2, -0.15) is 0 Å². The van der Waals surface area contributed by atoms with Crippen LogP contribution in [0.15, 0.2) is 35.6 Å². The van der Waals surface area contributed by atoms with E-state index in [4.69, 9.17) is 9.47 Å². The zero-order chi connectivity index (χ0) is 23.1. The third-order valence-electron chi connectivity index (χ3n) is 4.29. The number of nitrogens with zero attached hydrogens (tertiary/aromatic N) is 5. The van der Waals surface area contributed by atoms with Crippen molar-refractivity contribution < 1.29 is 19.1 Å². The molecule has 0 radical (unpaired) electrons. The normalized spacial score (nSPS) is 10.8. The van der Waals surface area contributed by atoms with Crippen molar-refractivity contribution in [3.05, 3.63) is 30.5 Å². The number of carbonyl (C=O) groups is 2. The van der Waals surface area contributed by atoms with Gasteiger partial charge in [0.1, 0.15) is 5.56 Å². The lowest BCUT2D eigenvalue weighted by Crippen LogP contribution is -2.15. The molecular formula is C20H25N7O4S. The van der Waals surface area contributed by atoms with Crippen molar-refractivity contribution in [2.24, 2.45) is 7.05 Å². The van der Waals surface area contributed by atoms with Crippen molar-refractivity contribution in [2.75, 3.05) is 37.2 Å². The Hall–Kier alpha value is -3.38. The van der Waals surface area contributed by atoms with Crippen LogP contribution in [0.25, 0.3) is 11.4 Å². The molecule has 0 aliphatic rings. The summed E-state index contributed by atoms with van der Waals surface area (Å²) in [5, 5.41) is 18.9. The van der Waals surface area contributed by atoms with Gasteiger partial charge in [0.2, 0.25) is 17.7 Å². The van der Waals surface area contributed by atoms with Crippen molar-refractivity contribution in [1.29, 1.82) is 0 Å². The lowest BCUT2D eigenvalue weighted by molar-refractivity contribution is -0.114. The molecule has 0 saturated heterocycles. The van der Waals surface area contributed by atoms with Crippen molar-refractivity contribution in [1.82, 2.24) is 24.5 Å². The number of amides is 2. The summed E-state index contributed by atoms with van der Waals surface area (Å²) in [6.45, 7) is 2.40. The van der Waals surface area contributed by atoms with Crippen LogP contribution >= 0.6 is 11.8 Å². The summed E-state index contributed by atoms with van der Waals surface area (Å²) in [5.74, 6) is 0.824. The monoisotopic (exact) mass is 459 g/mol. The van der Waals surface area contributed by atoms with E-state index < -0.39 is 0 Å². The number of aromatic nitrogens is 5. The Morgan fingerprint density at radius 1 is 1.09 bits per heavy atom. The van der Waals surface area contributed by atoms with E-state index >= 15 is 0 Å². The second-order valence-corrected chi connectivity index (χ2v) is 7.71. The maximum absolute atomic E-state index is 12.4. The summed E-state index contributed by atoms with van der Waals surface area (Å²) < 4.78 is 14.1. The molecule has 3 aromatic rings. The summed E-state index contributed by atoms with van der Waals surface area (Å²) in [5.41, 5.74) is 2.00. The van der Waals surface area contributed by atoms with Gasteiger partial charge in [0.05, 0.1) is 26.0 Å². The van der Waals surface area contributed by atoms with E-state index in [1.807, 2.05) is 4.57 Å². The van der Waals surface area contributed by atoms with Gasteiger partial charge in [-0.3, -0.25) is 18.8 Å². The molecule has 0 unspecified atom stereocenters. The van der Waals surface area contributed by atoms with Gasteiger partial charge in [-0.05, 0) is 24.3 Å². The van der Waals surface area contributed by atoms with Gasteiger partial charge in [0.25, 0.3) is 0 Å². The van der Waals surface area contributed by atoms with Crippen molar-refractivity contribution >= 4 is 35.0 Å². The Morgan fingerprint density at radius 3 is 2.41 bits per heavy atom. The average molecular weight is 460 g/mol. The third-order valence-corrected chi connectivity index (χ3v) is 5.25. The molecular weight excluding hydrogens is 434 g/mol. The molecule has 11 nitrogen and oxygen atoms in total. The van der Waals surface area contributed by atoms with Crippen LogP contribution in [0.1, 0.15) is 6.92 Å². The number of thioether (sulfide) groups is 1. The van der Waals surface area contributed by atoms with Crippen LogP contribution in [0, 0.1) is 0 Å². The Bertz CT molecular complexity index is 1080. The van der Waals surface area contributed by atoms with E-state index in [1.165, 1.54) is 18.7 Å². The van der Waals surface area contributed by atoms with E-state index in [0.717, 1.165) is 0 Å². The fraction of sp³-hybridized carbons (Fsp3) is 0.350. The predicted molar refractivity (Wildman–Crippen MR) is 121 cm³/mol. The molecule has 1 aromatic carbocycles. The summed E-state index contributed by atoms with van der Waals surface area (Å²) in [6, 6.07) is 6.89. The molecule has 12 heteroatoms. The number of hydrogen-bond acceptors (Lipinski definition) is 8. The van der Waals surface area contributed by atoms with Crippen molar-refractivity contribution in [3.8, 4) is 17.3 Å². The second-order valence-electron chi connectivity index (χ2n) is 6.77. The van der Waals surface area contributed by atoms with Crippen molar-refractivity contribution in [2.45, 2.75) is 18.6 Å². The maximum atomic E-state index is 12.4. The van der Waals surface area contributed by atoms with Gasteiger partial charge in [0.15, 0.2) is 11.0 Å². The van der Waals surface area contributed by atoms with Crippen LogP contribution in [0.4, 0.5) is 11.4 Å². The topological polar surface area (TPSA) is 125 Å². The minimum atomic E-state index is -0.191. The van der Waals surface area contributed by atoms with Gasteiger partial charge in [-0.1, -0.05) is 11.8 Å². The largest absolute Gasteiger partial charge is 0.479 e. The van der Waals surface area contributed by atoms with Crippen LogP contribution < -0.4 is 15.4 Å². The zero-order valence-electron chi connectivity index (χ0n) is 18.3. The first-order chi connectivity index (χ1) is 15.4. The highest BCUT2D eigenvalue weighted by molar-refractivity contribution is 7.99. The molecule has 0 fully saturated rings. The standard InChI is InChI=1S/C20H25N7O4S/c1-13(28)21-14-5-7-15(8-6-14)22-17(29)12-32-20-24-23-18(27(20)9-10-30-3)16-11-26(2)25-19(16)31-4/h5-8,11H,9-10,12H2,1-4H3,(H,21,28)(H,22,29). The smallest absolute Gasteiger partial charge is 0.243 e.